The number of rotatable bonds is 20. The maximum absolute atomic E-state index is 12.0. The highest BCUT2D eigenvalue weighted by Gasteiger charge is 2.15. The number of aromatic nitrogens is 1. The molecule has 2 rings (SSSR count). The molecule has 0 saturated carbocycles. The first-order valence-electron chi connectivity index (χ1n) is 12.3. The molecule has 0 spiro atoms. The van der Waals surface area contributed by atoms with E-state index in [2.05, 4.69) is 15.1 Å². The fourth-order valence-corrected chi connectivity index (χ4v) is 4.42. The first-order chi connectivity index (χ1) is 17.9. The highest BCUT2D eigenvalue weighted by Crippen LogP contribution is 2.18. The Bertz CT molecular complexity index is 1050. The summed E-state index contributed by atoms with van der Waals surface area (Å²) >= 11 is 0. The number of sulfonamides is 1. The number of unbranched alkanes of at least 4 members (excludes halogenated alkanes) is 4. The third-order valence-corrected chi connectivity index (χ3v) is 6.80. The summed E-state index contributed by atoms with van der Waals surface area (Å²) in [5.41, 5.74) is 1.44. The second-order valence-electron chi connectivity index (χ2n) is 8.51. The van der Waals surface area contributed by atoms with E-state index in [9.17, 15) is 23.4 Å². The lowest BCUT2D eigenvalue weighted by molar-refractivity contribution is -0.131. The molecule has 11 nitrogen and oxygen atoms in total. The van der Waals surface area contributed by atoms with Crippen molar-refractivity contribution in [3.63, 3.8) is 0 Å². The van der Waals surface area contributed by atoms with Gasteiger partial charge in [-0.25, -0.2) is 13.4 Å². The first kappa shape index (κ1) is 30.6. The molecule has 0 fully saturated rings. The van der Waals surface area contributed by atoms with Crippen molar-refractivity contribution in [3.05, 3.63) is 53.3 Å². The maximum atomic E-state index is 12.0. The minimum Gasteiger partial charge on any atom is -0.506 e. The Morgan fingerprint density at radius 2 is 1.78 bits per heavy atom. The Labute approximate surface area is 217 Å². The van der Waals surface area contributed by atoms with E-state index in [1.165, 1.54) is 18.2 Å². The minimum atomic E-state index is -3.88. The first-order valence-corrected chi connectivity index (χ1v) is 13.8. The van der Waals surface area contributed by atoms with Crippen LogP contribution in [0.3, 0.4) is 0 Å². The van der Waals surface area contributed by atoms with Gasteiger partial charge in [0.25, 0.3) is 10.0 Å². The molecule has 1 aromatic carbocycles. The molecular formula is C25H37N3O8S. The summed E-state index contributed by atoms with van der Waals surface area (Å²) in [5, 5.41) is 32.1. The van der Waals surface area contributed by atoms with Crippen LogP contribution in [-0.4, -0.2) is 61.5 Å². The average Bonchev–Trinajstić information content (AvgIpc) is 2.90. The molecule has 0 saturated heterocycles. The summed E-state index contributed by atoms with van der Waals surface area (Å²) in [4.78, 5) is 20.2. The summed E-state index contributed by atoms with van der Waals surface area (Å²) in [6.07, 6.45) is 5.68. The number of hydrogen-bond donors (Lipinski definition) is 5. The molecule has 0 aliphatic rings. The number of ether oxygens (including phenoxy) is 1. The van der Waals surface area contributed by atoms with Crippen molar-refractivity contribution < 1.29 is 38.1 Å². The number of carbonyl (C=O) groups excluding carboxylic acids is 1. The largest absolute Gasteiger partial charge is 0.506 e. The second kappa shape index (κ2) is 17.0. The highest BCUT2D eigenvalue weighted by atomic mass is 32.2. The Balaban J connectivity index is 1.46. The van der Waals surface area contributed by atoms with E-state index in [0.29, 0.717) is 31.9 Å². The monoisotopic (exact) mass is 539 g/mol. The van der Waals surface area contributed by atoms with Gasteiger partial charge in [0.1, 0.15) is 17.5 Å². The third-order valence-electron chi connectivity index (χ3n) is 5.61. The lowest BCUT2D eigenvalue weighted by Gasteiger charge is -2.13. The summed E-state index contributed by atoms with van der Waals surface area (Å²) < 4.78 is 29.6. The number of aliphatic hydroxyl groups excluding tert-OH is 2. The maximum Gasteiger partial charge on any atom is 0.314 e. The standard InChI is InChI=1S/C25H37N3O8S/c29-18-23-24(31)12-11-22(27-23)25(32)17-26-13-4-1-2-5-14-35-15-6-3-8-20-9-7-10-21(16-20)37(33,34)28-36-19-30/h7,9-12,16,19,25-26,28-29,31-32H,1-6,8,13-15,17-18H2. The number of aliphatic hydroxyl groups is 2. The van der Waals surface area contributed by atoms with Crippen LogP contribution in [0.5, 0.6) is 5.75 Å². The lowest BCUT2D eigenvalue weighted by atomic mass is 10.1. The van der Waals surface area contributed by atoms with E-state index in [1.54, 1.807) is 17.0 Å². The van der Waals surface area contributed by atoms with Gasteiger partial charge >= 0.3 is 6.47 Å². The van der Waals surface area contributed by atoms with Gasteiger partial charge in [-0.1, -0.05) is 25.0 Å². The highest BCUT2D eigenvalue weighted by molar-refractivity contribution is 7.89. The van der Waals surface area contributed by atoms with Crippen molar-refractivity contribution in [2.24, 2.45) is 0 Å². The zero-order valence-corrected chi connectivity index (χ0v) is 21.7. The molecule has 1 atom stereocenters. The Hall–Kier alpha value is -2.61. The van der Waals surface area contributed by atoms with E-state index >= 15 is 0 Å². The molecule has 0 amide bonds. The number of nitrogens with zero attached hydrogens (tertiary/aromatic N) is 1. The van der Waals surface area contributed by atoms with Crippen LogP contribution in [0.1, 0.15) is 61.6 Å². The summed E-state index contributed by atoms with van der Waals surface area (Å²) in [6.45, 7) is 2.09. The van der Waals surface area contributed by atoms with E-state index in [4.69, 9.17) is 9.84 Å². The van der Waals surface area contributed by atoms with Crippen molar-refractivity contribution in [1.82, 2.24) is 15.2 Å². The van der Waals surface area contributed by atoms with Crippen molar-refractivity contribution >= 4 is 16.5 Å². The summed E-state index contributed by atoms with van der Waals surface area (Å²) in [7, 11) is -3.88. The average molecular weight is 540 g/mol. The summed E-state index contributed by atoms with van der Waals surface area (Å²) in [5.74, 6) is -0.0888. The fraction of sp³-hybridized carbons (Fsp3) is 0.520. The van der Waals surface area contributed by atoms with Crippen LogP contribution >= 0.6 is 0 Å². The normalized spacial score (nSPS) is 12.4. The molecule has 37 heavy (non-hydrogen) atoms. The van der Waals surface area contributed by atoms with Gasteiger partial charge < -0.3 is 30.2 Å². The molecule has 2 aromatic rings. The molecule has 12 heteroatoms. The number of nitrogens with one attached hydrogen (secondary N) is 2. The van der Waals surface area contributed by atoms with Crippen molar-refractivity contribution in [2.45, 2.75) is 62.6 Å². The van der Waals surface area contributed by atoms with Gasteiger partial charge in [-0.05, 0) is 73.4 Å². The molecule has 1 unspecified atom stereocenters. The van der Waals surface area contributed by atoms with Crippen LogP contribution in [-0.2, 0) is 37.4 Å². The lowest BCUT2D eigenvalue weighted by Crippen LogP contribution is -2.23. The Morgan fingerprint density at radius 1 is 1.03 bits per heavy atom. The zero-order chi connectivity index (χ0) is 26.9. The molecule has 0 aliphatic heterocycles. The van der Waals surface area contributed by atoms with E-state index < -0.39 is 16.1 Å². The fourth-order valence-electron chi connectivity index (χ4n) is 3.60. The molecular weight excluding hydrogens is 502 g/mol. The second-order valence-corrected chi connectivity index (χ2v) is 10.2. The molecule has 1 aromatic heterocycles. The van der Waals surface area contributed by atoms with Crippen LogP contribution < -0.4 is 10.2 Å². The van der Waals surface area contributed by atoms with Crippen LogP contribution in [0.4, 0.5) is 0 Å². The van der Waals surface area contributed by atoms with Gasteiger partial charge in [-0.2, -0.15) is 0 Å². The van der Waals surface area contributed by atoms with Gasteiger partial charge in [0, 0.05) is 19.8 Å². The van der Waals surface area contributed by atoms with Gasteiger partial charge in [0.15, 0.2) is 0 Å². The van der Waals surface area contributed by atoms with Crippen LogP contribution in [0, 0.1) is 0 Å². The topological polar surface area (TPSA) is 167 Å². The summed E-state index contributed by atoms with van der Waals surface area (Å²) in [6, 6.07) is 9.46. The number of hydrogen-bond acceptors (Lipinski definition) is 10. The van der Waals surface area contributed by atoms with E-state index in [-0.39, 0.29) is 29.4 Å². The van der Waals surface area contributed by atoms with Crippen molar-refractivity contribution in [1.29, 1.82) is 0 Å². The molecule has 1 heterocycles. The molecule has 0 radical (unpaired) electrons. The van der Waals surface area contributed by atoms with Crippen LogP contribution in [0.2, 0.25) is 0 Å². The predicted molar refractivity (Wildman–Crippen MR) is 136 cm³/mol. The zero-order valence-electron chi connectivity index (χ0n) is 20.8. The van der Waals surface area contributed by atoms with E-state index in [1.807, 2.05) is 6.07 Å². The number of pyridine rings is 1. The molecule has 0 bridgehead atoms. The van der Waals surface area contributed by atoms with Crippen LogP contribution in [0.25, 0.3) is 0 Å². The van der Waals surface area contributed by atoms with Crippen molar-refractivity contribution in [3.8, 4) is 5.75 Å². The van der Waals surface area contributed by atoms with Crippen LogP contribution in [0.15, 0.2) is 41.3 Å². The Kier molecular flexibility index (Phi) is 14.1. The van der Waals surface area contributed by atoms with Crippen molar-refractivity contribution in [2.75, 3.05) is 26.3 Å². The quantitative estimate of drug-likeness (QED) is 0.0952. The molecule has 5 N–H and O–H groups in total. The third kappa shape index (κ3) is 11.5. The smallest absolute Gasteiger partial charge is 0.314 e. The molecule has 206 valence electrons. The predicted octanol–water partition coefficient (Wildman–Crippen LogP) is 1.87. The number of benzene rings is 1. The van der Waals surface area contributed by atoms with Gasteiger partial charge in [0.2, 0.25) is 0 Å². The number of aromatic hydroxyl groups is 1. The van der Waals surface area contributed by atoms with E-state index in [0.717, 1.165) is 50.6 Å². The van der Waals surface area contributed by atoms with Gasteiger partial charge in [-0.3, -0.25) is 4.79 Å². The van der Waals surface area contributed by atoms with Gasteiger partial charge in [-0.15, -0.1) is 0 Å². The molecule has 0 aliphatic carbocycles. The Morgan fingerprint density at radius 3 is 2.54 bits per heavy atom. The van der Waals surface area contributed by atoms with Gasteiger partial charge in [0.05, 0.1) is 17.2 Å². The minimum absolute atomic E-state index is 0.0149. The number of carbonyl (C=O) groups is 1. The SMILES string of the molecule is O=CONS(=O)(=O)c1cccc(CCCCOCCCCCCNCC(O)c2ccc(O)c(CO)n2)c1. The number of aryl methyl sites for hydroxylation is 1.